The van der Waals surface area contributed by atoms with E-state index in [0.717, 1.165) is 29.7 Å². The lowest BCUT2D eigenvalue weighted by Gasteiger charge is -2.07. The smallest absolute Gasteiger partial charge is 0.224 e. The van der Waals surface area contributed by atoms with Crippen LogP contribution in [0.5, 0.6) is 0 Å². The first-order valence-electron chi connectivity index (χ1n) is 7.67. The Bertz CT molecular complexity index is 512. The minimum absolute atomic E-state index is 0.0737. The van der Waals surface area contributed by atoms with Crippen LogP contribution < -0.4 is 5.32 Å². The first-order chi connectivity index (χ1) is 10.2. The van der Waals surface area contributed by atoms with Crippen LogP contribution in [0.4, 0.5) is 5.69 Å². The second-order valence-corrected chi connectivity index (χ2v) is 5.16. The molecule has 0 saturated heterocycles. The minimum Gasteiger partial charge on any atom is -0.395 e. The van der Waals surface area contributed by atoms with Crippen LogP contribution in [-0.2, 0) is 4.79 Å². The molecular weight excluding hydrogens is 262 g/mol. The molecule has 0 saturated carbocycles. The first kappa shape index (κ1) is 17.3. The van der Waals surface area contributed by atoms with Crippen molar-refractivity contribution < 1.29 is 9.90 Å². The van der Waals surface area contributed by atoms with Crippen molar-refractivity contribution in [3.05, 3.63) is 29.3 Å². The summed E-state index contributed by atoms with van der Waals surface area (Å²) in [5.41, 5.74) is 2.79. The van der Waals surface area contributed by atoms with Crippen molar-refractivity contribution >= 4 is 11.6 Å². The summed E-state index contributed by atoms with van der Waals surface area (Å²) in [6, 6.07) is 5.72. The normalized spacial score (nSPS) is 9.86. The maximum atomic E-state index is 11.8. The van der Waals surface area contributed by atoms with Crippen LogP contribution in [0.15, 0.2) is 18.2 Å². The number of aliphatic hydroxyl groups excluding tert-OH is 1. The summed E-state index contributed by atoms with van der Waals surface area (Å²) in [5.74, 6) is 6.00. The molecule has 1 rings (SSSR count). The number of amides is 1. The number of carbonyl (C=O) groups is 1. The monoisotopic (exact) mass is 287 g/mol. The number of hydrogen-bond acceptors (Lipinski definition) is 2. The van der Waals surface area contributed by atoms with Crippen molar-refractivity contribution in [2.45, 2.75) is 52.4 Å². The van der Waals surface area contributed by atoms with Crippen molar-refractivity contribution in [2.24, 2.45) is 0 Å². The predicted molar refractivity (Wildman–Crippen MR) is 87.1 cm³/mol. The minimum atomic E-state index is 0.0737. The van der Waals surface area contributed by atoms with Gasteiger partial charge in [-0.3, -0.25) is 4.79 Å². The van der Waals surface area contributed by atoms with E-state index in [-0.39, 0.29) is 12.5 Å². The fraction of sp³-hybridized carbons (Fsp3) is 0.500. The SMILES string of the molecule is CCCCCCC(=O)Nc1ccc(C#CCCO)c(C)c1. The third-order valence-electron chi connectivity index (χ3n) is 3.23. The fourth-order valence-corrected chi connectivity index (χ4v) is 2.03. The molecule has 0 bridgehead atoms. The lowest BCUT2D eigenvalue weighted by Crippen LogP contribution is -2.11. The average Bonchev–Trinajstić information content (AvgIpc) is 2.46. The molecule has 0 unspecified atom stereocenters. The van der Waals surface area contributed by atoms with Gasteiger partial charge in [0.25, 0.3) is 0 Å². The zero-order valence-electron chi connectivity index (χ0n) is 13.0. The number of benzene rings is 1. The third-order valence-corrected chi connectivity index (χ3v) is 3.23. The van der Waals surface area contributed by atoms with E-state index in [4.69, 9.17) is 5.11 Å². The topological polar surface area (TPSA) is 49.3 Å². The second-order valence-electron chi connectivity index (χ2n) is 5.16. The van der Waals surface area contributed by atoms with E-state index in [1.807, 2.05) is 25.1 Å². The van der Waals surface area contributed by atoms with Gasteiger partial charge in [0.1, 0.15) is 0 Å². The Hall–Kier alpha value is -1.79. The molecule has 0 aliphatic rings. The summed E-state index contributed by atoms with van der Waals surface area (Å²) in [6.07, 6.45) is 5.49. The molecule has 0 radical (unpaired) electrons. The third kappa shape index (κ3) is 6.97. The van der Waals surface area contributed by atoms with Crippen LogP contribution in [-0.4, -0.2) is 17.6 Å². The lowest BCUT2D eigenvalue weighted by atomic mass is 10.1. The standard InChI is InChI=1S/C18H25NO2/c1-3-4-5-6-10-18(21)19-17-12-11-16(15(2)14-17)9-7-8-13-20/h11-12,14,20H,3-6,8,10,13H2,1-2H3,(H,19,21). The predicted octanol–water partition coefficient (Wildman–Crippen LogP) is 3.64. The van der Waals surface area contributed by atoms with E-state index in [1.165, 1.54) is 12.8 Å². The Labute approximate surface area is 127 Å². The molecule has 114 valence electrons. The zero-order chi connectivity index (χ0) is 15.5. The Morgan fingerprint density at radius 2 is 2.10 bits per heavy atom. The van der Waals surface area contributed by atoms with Crippen LogP contribution in [0.2, 0.25) is 0 Å². The number of anilines is 1. The van der Waals surface area contributed by atoms with Gasteiger partial charge in [0, 0.05) is 24.1 Å². The fourth-order valence-electron chi connectivity index (χ4n) is 2.03. The highest BCUT2D eigenvalue weighted by atomic mass is 16.2. The van der Waals surface area contributed by atoms with Crippen LogP contribution in [0, 0.1) is 18.8 Å². The second kappa shape index (κ2) is 10.0. The van der Waals surface area contributed by atoms with Gasteiger partial charge in [-0.1, -0.05) is 38.0 Å². The van der Waals surface area contributed by atoms with Gasteiger partial charge in [0.2, 0.25) is 5.91 Å². The molecule has 0 atom stereocenters. The largest absolute Gasteiger partial charge is 0.395 e. The molecule has 21 heavy (non-hydrogen) atoms. The summed E-state index contributed by atoms with van der Waals surface area (Å²) in [5, 5.41) is 11.6. The van der Waals surface area contributed by atoms with Gasteiger partial charge in [-0.25, -0.2) is 0 Å². The number of aryl methyl sites for hydroxylation is 1. The number of unbranched alkanes of at least 4 members (excludes halogenated alkanes) is 3. The van der Waals surface area contributed by atoms with Crippen LogP contribution in [0.3, 0.4) is 0 Å². The van der Waals surface area contributed by atoms with Gasteiger partial charge in [-0.05, 0) is 37.1 Å². The number of hydrogen-bond donors (Lipinski definition) is 2. The van der Waals surface area contributed by atoms with Gasteiger partial charge in [0.15, 0.2) is 0 Å². The van der Waals surface area contributed by atoms with E-state index >= 15 is 0 Å². The number of nitrogens with one attached hydrogen (secondary N) is 1. The highest BCUT2D eigenvalue weighted by Crippen LogP contribution is 2.15. The Morgan fingerprint density at radius 1 is 1.29 bits per heavy atom. The molecule has 0 aliphatic carbocycles. The summed E-state index contributed by atoms with van der Waals surface area (Å²) in [4.78, 5) is 11.8. The molecule has 1 aromatic rings. The van der Waals surface area contributed by atoms with Gasteiger partial charge in [0.05, 0.1) is 6.61 Å². The van der Waals surface area contributed by atoms with Gasteiger partial charge in [-0.2, -0.15) is 0 Å². The van der Waals surface area contributed by atoms with Crippen molar-refractivity contribution in [1.29, 1.82) is 0 Å². The quantitative estimate of drug-likeness (QED) is 0.594. The summed E-state index contributed by atoms with van der Waals surface area (Å²) >= 11 is 0. The summed E-state index contributed by atoms with van der Waals surface area (Å²) in [6.45, 7) is 4.21. The summed E-state index contributed by atoms with van der Waals surface area (Å²) < 4.78 is 0. The van der Waals surface area contributed by atoms with E-state index in [9.17, 15) is 4.79 Å². The molecule has 3 nitrogen and oxygen atoms in total. The van der Waals surface area contributed by atoms with Crippen LogP contribution >= 0.6 is 0 Å². The molecular formula is C18H25NO2. The van der Waals surface area contributed by atoms with Crippen molar-refractivity contribution in [2.75, 3.05) is 11.9 Å². The summed E-state index contributed by atoms with van der Waals surface area (Å²) in [7, 11) is 0. The first-order valence-corrected chi connectivity index (χ1v) is 7.67. The molecule has 3 heteroatoms. The molecule has 1 amide bonds. The van der Waals surface area contributed by atoms with Gasteiger partial charge in [-0.15, -0.1) is 0 Å². The Balaban J connectivity index is 2.52. The van der Waals surface area contributed by atoms with Gasteiger partial charge < -0.3 is 10.4 Å². The maximum Gasteiger partial charge on any atom is 0.224 e. The molecule has 0 spiro atoms. The molecule has 0 heterocycles. The lowest BCUT2D eigenvalue weighted by molar-refractivity contribution is -0.116. The van der Waals surface area contributed by atoms with Crippen molar-refractivity contribution in [1.82, 2.24) is 0 Å². The Morgan fingerprint density at radius 3 is 2.76 bits per heavy atom. The number of rotatable bonds is 7. The maximum absolute atomic E-state index is 11.8. The molecule has 1 aromatic carbocycles. The van der Waals surface area contributed by atoms with Crippen LogP contribution in [0.25, 0.3) is 0 Å². The molecule has 0 aliphatic heterocycles. The van der Waals surface area contributed by atoms with E-state index in [2.05, 4.69) is 24.1 Å². The average molecular weight is 287 g/mol. The van der Waals surface area contributed by atoms with E-state index in [1.54, 1.807) is 0 Å². The number of aliphatic hydroxyl groups is 1. The van der Waals surface area contributed by atoms with E-state index < -0.39 is 0 Å². The van der Waals surface area contributed by atoms with Crippen molar-refractivity contribution in [3.63, 3.8) is 0 Å². The van der Waals surface area contributed by atoms with E-state index in [0.29, 0.717) is 12.8 Å². The molecule has 0 fully saturated rings. The Kier molecular flexibility index (Phi) is 8.23. The van der Waals surface area contributed by atoms with Crippen molar-refractivity contribution in [3.8, 4) is 11.8 Å². The highest BCUT2D eigenvalue weighted by Gasteiger charge is 2.03. The number of carbonyl (C=O) groups excluding carboxylic acids is 1. The highest BCUT2D eigenvalue weighted by molar-refractivity contribution is 5.90. The van der Waals surface area contributed by atoms with Crippen LogP contribution in [0.1, 0.15) is 56.6 Å². The molecule has 2 N–H and O–H groups in total. The zero-order valence-corrected chi connectivity index (χ0v) is 13.0. The van der Waals surface area contributed by atoms with Gasteiger partial charge >= 0.3 is 0 Å². The molecule has 0 aromatic heterocycles.